The summed E-state index contributed by atoms with van der Waals surface area (Å²) in [5, 5.41) is 13.1. The highest BCUT2D eigenvalue weighted by Crippen LogP contribution is 2.69. The Hall–Kier alpha value is -3.60. The van der Waals surface area contributed by atoms with Crippen LogP contribution >= 0.6 is 0 Å². The van der Waals surface area contributed by atoms with Gasteiger partial charge in [-0.3, -0.25) is 9.46 Å². The van der Waals surface area contributed by atoms with Gasteiger partial charge in [-0.1, -0.05) is 19.9 Å². The Morgan fingerprint density at radius 2 is 1.95 bits per heavy atom. The lowest BCUT2D eigenvalue weighted by Crippen LogP contribution is -2.38. The van der Waals surface area contributed by atoms with Gasteiger partial charge in [-0.15, -0.1) is 5.10 Å². The predicted molar refractivity (Wildman–Crippen MR) is 134 cm³/mol. The number of benzene rings is 1. The Balaban J connectivity index is 1.45. The molecule has 0 radical (unpaired) electrons. The van der Waals surface area contributed by atoms with Crippen LogP contribution in [0.4, 0.5) is 8.78 Å². The molecule has 2 bridgehead atoms. The Labute approximate surface area is 213 Å². The lowest BCUT2D eigenvalue weighted by molar-refractivity contribution is 0.243. The fourth-order valence-electron chi connectivity index (χ4n) is 6.29. The zero-order valence-electron chi connectivity index (χ0n) is 20.6. The molecular formula is C26H25F2N7OS. The van der Waals surface area contributed by atoms with Crippen LogP contribution in [0.25, 0.3) is 22.6 Å². The van der Waals surface area contributed by atoms with E-state index in [4.69, 9.17) is 9.76 Å². The number of rotatable bonds is 5. The van der Waals surface area contributed by atoms with E-state index in [9.17, 15) is 13.0 Å². The summed E-state index contributed by atoms with van der Waals surface area (Å²) >= 11 is 0. The summed E-state index contributed by atoms with van der Waals surface area (Å²) < 4.78 is 50.0. The summed E-state index contributed by atoms with van der Waals surface area (Å²) in [6.07, 6.45) is 8.06. The molecule has 0 saturated heterocycles. The number of aromatic nitrogens is 6. The summed E-state index contributed by atoms with van der Waals surface area (Å²) in [6, 6.07) is 7.45. The minimum Gasteiger partial charge on any atom is -0.259 e. The summed E-state index contributed by atoms with van der Waals surface area (Å²) in [4.78, 5) is 9.38. The van der Waals surface area contributed by atoms with E-state index in [1.807, 2.05) is 6.07 Å². The van der Waals surface area contributed by atoms with Crippen molar-refractivity contribution in [1.82, 2.24) is 29.9 Å². The van der Waals surface area contributed by atoms with Crippen LogP contribution in [-0.4, -0.2) is 40.4 Å². The number of hydrogen-bond donors (Lipinski definition) is 1. The van der Waals surface area contributed by atoms with Crippen LogP contribution in [0.5, 0.6) is 0 Å². The van der Waals surface area contributed by atoms with E-state index in [-0.39, 0.29) is 28.5 Å². The molecule has 1 aromatic carbocycles. The normalized spacial score (nSPS) is 23.1. The molecule has 37 heavy (non-hydrogen) atoms. The highest BCUT2D eigenvalue weighted by atomic mass is 32.2. The lowest BCUT2D eigenvalue weighted by Gasteiger charge is -2.37. The number of nitrogens with zero attached hydrogens (tertiary/aromatic N) is 6. The maximum absolute atomic E-state index is 14.5. The van der Waals surface area contributed by atoms with Gasteiger partial charge in [-0.05, 0) is 54.0 Å². The quantitative estimate of drug-likeness (QED) is 0.400. The van der Waals surface area contributed by atoms with Crippen LogP contribution in [0.15, 0.2) is 48.9 Å². The van der Waals surface area contributed by atoms with E-state index in [1.54, 1.807) is 24.7 Å². The molecule has 190 valence electrons. The first-order valence-electron chi connectivity index (χ1n) is 11.9. The molecule has 3 aromatic heterocycles. The Kier molecular flexibility index (Phi) is 5.11. The van der Waals surface area contributed by atoms with Crippen molar-refractivity contribution in [3.05, 3.63) is 77.5 Å². The molecule has 3 atom stereocenters. The highest BCUT2D eigenvalue weighted by molar-refractivity contribution is 7.90. The maximum Gasteiger partial charge on any atom is 0.162 e. The largest absolute Gasteiger partial charge is 0.259 e. The summed E-state index contributed by atoms with van der Waals surface area (Å²) in [5.74, 6) is -0.758. The molecular weight excluding hydrogens is 496 g/mol. The predicted octanol–water partition coefficient (Wildman–Crippen LogP) is 4.91. The molecule has 11 heteroatoms. The molecule has 2 aliphatic rings. The number of hydrogen-bond acceptors (Lipinski definition) is 7. The smallest absolute Gasteiger partial charge is 0.162 e. The second kappa shape index (κ2) is 7.95. The van der Waals surface area contributed by atoms with Crippen LogP contribution in [0.3, 0.4) is 0 Å². The third kappa shape index (κ3) is 3.51. The van der Waals surface area contributed by atoms with Crippen molar-refractivity contribution in [1.29, 1.82) is 4.78 Å². The lowest BCUT2D eigenvalue weighted by atomic mass is 9.66. The van der Waals surface area contributed by atoms with Crippen molar-refractivity contribution < 1.29 is 13.0 Å². The molecule has 3 heterocycles. The van der Waals surface area contributed by atoms with Crippen molar-refractivity contribution >= 4 is 9.73 Å². The first-order chi connectivity index (χ1) is 17.5. The van der Waals surface area contributed by atoms with Gasteiger partial charge in [-0.25, -0.2) is 23.0 Å². The summed E-state index contributed by atoms with van der Waals surface area (Å²) in [6.45, 7) is 4.36. The summed E-state index contributed by atoms with van der Waals surface area (Å²) in [7, 11) is -2.76. The van der Waals surface area contributed by atoms with Crippen molar-refractivity contribution in [2.24, 2.45) is 5.41 Å². The van der Waals surface area contributed by atoms with E-state index >= 15 is 0 Å². The van der Waals surface area contributed by atoms with E-state index < -0.39 is 26.8 Å². The average Bonchev–Trinajstić information content (AvgIpc) is 3.45. The van der Waals surface area contributed by atoms with Gasteiger partial charge >= 0.3 is 0 Å². The first kappa shape index (κ1) is 23.8. The molecule has 0 aliphatic heterocycles. The van der Waals surface area contributed by atoms with Gasteiger partial charge in [0.1, 0.15) is 17.5 Å². The second-order valence-corrected chi connectivity index (χ2v) is 12.8. The Morgan fingerprint density at radius 1 is 1.19 bits per heavy atom. The van der Waals surface area contributed by atoms with Crippen LogP contribution < -0.4 is 0 Å². The van der Waals surface area contributed by atoms with E-state index in [0.717, 1.165) is 29.8 Å². The Bertz CT molecular complexity index is 1650. The van der Waals surface area contributed by atoms with Crippen molar-refractivity contribution in [2.75, 3.05) is 6.26 Å². The van der Waals surface area contributed by atoms with Gasteiger partial charge in [0.15, 0.2) is 5.82 Å². The third-order valence-electron chi connectivity index (χ3n) is 7.96. The highest BCUT2D eigenvalue weighted by Gasteiger charge is 2.65. The second-order valence-electron chi connectivity index (χ2n) is 10.5. The van der Waals surface area contributed by atoms with E-state index in [0.29, 0.717) is 11.4 Å². The Morgan fingerprint density at radius 3 is 2.68 bits per heavy atom. The van der Waals surface area contributed by atoms with Gasteiger partial charge in [-0.2, -0.15) is 10.2 Å². The van der Waals surface area contributed by atoms with E-state index in [1.165, 1.54) is 29.1 Å². The first-order valence-corrected chi connectivity index (χ1v) is 14.0. The van der Waals surface area contributed by atoms with Crippen molar-refractivity contribution in [2.45, 2.75) is 43.9 Å². The van der Waals surface area contributed by atoms with Crippen LogP contribution in [0.1, 0.15) is 49.6 Å². The minimum absolute atomic E-state index is 0.0146. The van der Waals surface area contributed by atoms with Crippen LogP contribution in [-0.2, 0) is 21.0 Å². The van der Waals surface area contributed by atoms with Gasteiger partial charge in [0.2, 0.25) is 0 Å². The monoisotopic (exact) mass is 521 g/mol. The zero-order chi connectivity index (χ0) is 26.2. The molecule has 0 spiro atoms. The number of halogens is 2. The number of nitrogens with one attached hydrogen (secondary N) is 1. The molecule has 1 fully saturated rings. The molecule has 1 N–H and O–H groups in total. The van der Waals surface area contributed by atoms with E-state index in [2.05, 4.69) is 34.1 Å². The molecule has 8 nitrogen and oxygen atoms in total. The molecule has 4 aromatic rings. The third-order valence-corrected chi connectivity index (χ3v) is 8.72. The summed E-state index contributed by atoms with van der Waals surface area (Å²) in [5.41, 5.74) is 2.39. The minimum atomic E-state index is -2.76. The topological polar surface area (TPSA) is 110 Å². The average molecular weight is 522 g/mol. The standard InChI is InChI=1S/C26H25F2N7OS/c1-25(2)17-7-9-26(25,23-16(17)11-20(33-34-23)22-18(27)5-4-6-19(22)28)21-8-10-30-24(32-21)15-12-31-35(13-15)14-37(3,29)36/h4-6,8,10-13,17,29H,7,9,14H2,1-3H3/t17-,26+,37?/m0/s1. The van der Waals surface area contributed by atoms with Crippen LogP contribution in [0, 0.1) is 21.8 Å². The van der Waals surface area contributed by atoms with Crippen molar-refractivity contribution in [3.8, 4) is 22.6 Å². The maximum atomic E-state index is 14.5. The van der Waals surface area contributed by atoms with Gasteiger partial charge in [0.25, 0.3) is 0 Å². The molecule has 6 rings (SSSR count). The fraction of sp³-hybridized carbons (Fsp3) is 0.346. The molecule has 1 unspecified atom stereocenters. The van der Waals surface area contributed by atoms with Gasteiger partial charge in [0, 0.05) is 18.6 Å². The van der Waals surface area contributed by atoms with Gasteiger partial charge < -0.3 is 0 Å². The zero-order valence-corrected chi connectivity index (χ0v) is 21.4. The van der Waals surface area contributed by atoms with Crippen LogP contribution in [0.2, 0.25) is 0 Å². The fourth-order valence-corrected chi connectivity index (χ4v) is 6.94. The SMILES string of the molecule is CC1(C)[C@H]2CC[C@@]1(c1ccnc(-c3cnn(CS(C)(=N)=O)c3)n1)c1nnc(-c3c(F)cccc3F)cc12. The van der Waals surface area contributed by atoms with Crippen molar-refractivity contribution in [3.63, 3.8) is 0 Å². The number of fused-ring (bicyclic) bond motifs is 5. The molecule has 0 amide bonds. The van der Waals surface area contributed by atoms with Gasteiger partial charge in [0.05, 0.1) is 49.5 Å². The molecule has 2 aliphatic carbocycles. The molecule has 1 saturated carbocycles.